The number of phenols is 1. The lowest BCUT2D eigenvalue weighted by Crippen LogP contribution is -2.43. The summed E-state index contributed by atoms with van der Waals surface area (Å²) in [5.41, 5.74) is 3.61. The van der Waals surface area contributed by atoms with E-state index in [2.05, 4.69) is 15.1 Å². The van der Waals surface area contributed by atoms with Crippen molar-refractivity contribution in [2.45, 2.75) is 87.6 Å². The summed E-state index contributed by atoms with van der Waals surface area (Å²) >= 11 is 0. The van der Waals surface area contributed by atoms with Gasteiger partial charge in [0.05, 0.1) is 29.2 Å². The second kappa shape index (κ2) is 9.76. The van der Waals surface area contributed by atoms with Crippen molar-refractivity contribution in [3.05, 3.63) is 53.1 Å². The van der Waals surface area contributed by atoms with Crippen molar-refractivity contribution in [2.75, 3.05) is 31.1 Å². The van der Waals surface area contributed by atoms with Gasteiger partial charge in [-0.1, -0.05) is 12.1 Å². The molecule has 8 rings (SSSR count). The van der Waals surface area contributed by atoms with E-state index in [1.54, 1.807) is 18.2 Å². The average molecular weight is 562 g/mol. The first-order valence-electron chi connectivity index (χ1n) is 15.3. The van der Waals surface area contributed by atoms with Crippen LogP contribution in [0.5, 0.6) is 11.8 Å². The number of phenolic OH excluding ortho intramolecular Hbond substituents is 1. The maximum absolute atomic E-state index is 15.1. The summed E-state index contributed by atoms with van der Waals surface area (Å²) in [6.07, 6.45) is 6.99. The van der Waals surface area contributed by atoms with Crippen molar-refractivity contribution < 1.29 is 18.6 Å². The van der Waals surface area contributed by atoms with Crippen molar-refractivity contribution in [3.63, 3.8) is 0 Å². The minimum absolute atomic E-state index is 0.115. The number of anilines is 1. The highest BCUT2D eigenvalue weighted by atomic mass is 19.1. The first-order valence-corrected chi connectivity index (χ1v) is 15.3. The second-order valence-corrected chi connectivity index (χ2v) is 13.0. The van der Waals surface area contributed by atoms with E-state index in [0.29, 0.717) is 73.1 Å². The van der Waals surface area contributed by atoms with E-state index < -0.39 is 6.17 Å². The number of halogens is 2. The largest absolute Gasteiger partial charge is 0.508 e. The van der Waals surface area contributed by atoms with Crippen LogP contribution >= 0.6 is 0 Å². The summed E-state index contributed by atoms with van der Waals surface area (Å²) in [5.74, 6) is 0.162. The van der Waals surface area contributed by atoms with Gasteiger partial charge in [-0.2, -0.15) is 9.97 Å². The monoisotopic (exact) mass is 561 g/mol. The highest BCUT2D eigenvalue weighted by Gasteiger charge is 2.49. The van der Waals surface area contributed by atoms with E-state index >= 15 is 4.39 Å². The number of nitrogens with one attached hydrogen (secondary N) is 1. The fourth-order valence-corrected chi connectivity index (χ4v) is 8.57. The minimum Gasteiger partial charge on any atom is -0.508 e. The summed E-state index contributed by atoms with van der Waals surface area (Å²) in [5, 5.41) is 15.4. The van der Waals surface area contributed by atoms with E-state index in [1.165, 1.54) is 24.5 Å². The molecule has 2 bridgehead atoms. The van der Waals surface area contributed by atoms with Crippen LogP contribution in [0.1, 0.15) is 67.8 Å². The fraction of sp³-hybridized carbons (Fsp3) is 0.562. The summed E-state index contributed by atoms with van der Waals surface area (Å²) in [6, 6.07) is 9.66. The minimum atomic E-state index is -0.810. The van der Waals surface area contributed by atoms with Crippen LogP contribution in [0.25, 0.3) is 10.8 Å². The van der Waals surface area contributed by atoms with Crippen LogP contribution in [-0.4, -0.2) is 70.0 Å². The predicted molar refractivity (Wildman–Crippen MR) is 153 cm³/mol. The number of aromatic hydroxyl groups is 1. The number of rotatable bonds is 5. The molecule has 216 valence electrons. The molecule has 41 heavy (non-hydrogen) atoms. The standard InChI is InChI=1S/C32H37F2N5O2/c33-21-15-32(8-2-9-39(32)16-21)18-41-31-36-27-17-38(28-14-24(40)13-19-3-1-4-26(34)29(19)28)10-7-25(27)30(37-31)20-11-22-5-6-23(12-20)35-22/h1,3-4,13-14,20-23,35,40H,2,5-12,15-18H2/t20-,21-,22+,23-,32+/m1/s1. The summed E-state index contributed by atoms with van der Waals surface area (Å²) in [4.78, 5) is 14.4. The van der Waals surface area contributed by atoms with Gasteiger partial charge in [-0.15, -0.1) is 0 Å². The molecule has 7 nitrogen and oxygen atoms in total. The first-order chi connectivity index (χ1) is 19.9. The third kappa shape index (κ3) is 4.43. The number of piperidine rings is 1. The van der Waals surface area contributed by atoms with Gasteiger partial charge in [0.25, 0.3) is 0 Å². The quantitative estimate of drug-likeness (QED) is 0.455. The molecule has 1 aromatic heterocycles. The van der Waals surface area contributed by atoms with Crippen LogP contribution in [0.4, 0.5) is 14.5 Å². The van der Waals surface area contributed by atoms with Crippen molar-refractivity contribution in [2.24, 2.45) is 0 Å². The van der Waals surface area contributed by atoms with E-state index in [4.69, 9.17) is 14.7 Å². The van der Waals surface area contributed by atoms with Crippen LogP contribution in [0.3, 0.4) is 0 Å². The first kappa shape index (κ1) is 25.7. The Hall–Kier alpha value is -3.04. The van der Waals surface area contributed by atoms with Gasteiger partial charge >= 0.3 is 6.01 Å². The SMILES string of the molecule is Oc1cc(N2CCc3c(nc(OC[C@@]45CCCN4C[C@H](F)C5)nc3[C@H]3C[C@H]4CC[C@@H](C3)N4)C2)c2c(F)cccc2c1. The lowest BCUT2D eigenvalue weighted by molar-refractivity contribution is 0.106. The highest BCUT2D eigenvalue weighted by Crippen LogP contribution is 2.43. The van der Waals surface area contributed by atoms with Crippen LogP contribution < -0.4 is 15.0 Å². The lowest BCUT2D eigenvalue weighted by atomic mass is 9.85. The van der Waals surface area contributed by atoms with Gasteiger partial charge in [0, 0.05) is 49.0 Å². The van der Waals surface area contributed by atoms with E-state index in [9.17, 15) is 9.50 Å². The molecule has 5 atom stereocenters. The molecule has 3 aromatic rings. The smallest absolute Gasteiger partial charge is 0.316 e. The number of alkyl halides is 1. The van der Waals surface area contributed by atoms with Gasteiger partial charge in [-0.3, -0.25) is 4.90 Å². The molecule has 2 N–H and O–H groups in total. The predicted octanol–water partition coefficient (Wildman–Crippen LogP) is 4.99. The molecular weight excluding hydrogens is 524 g/mol. The van der Waals surface area contributed by atoms with Crippen LogP contribution in [0.2, 0.25) is 0 Å². The maximum Gasteiger partial charge on any atom is 0.316 e. The Kier molecular flexibility index (Phi) is 6.11. The van der Waals surface area contributed by atoms with Gasteiger partial charge in [0.1, 0.15) is 24.3 Å². The fourth-order valence-electron chi connectivity index (χ4n) is 8.57. The molecular formula is C32H37F2N5O2. The molecule has 9 heteroatoms. The van der Waals surface area contributed by atoms with Crippen molar-refractivity contribution >= 4 is 16.5 Å². The average Bonchev–Trinajstić information content (AvgIpc) is 3.61. The van der Waals surface area contributed by atoms with Crippen molar-refractivity contribution in [3.8, 4) is 11.8 Å². The normalized spacial score (nSPS) is 31.0. The number of hydrogen-bond donors (Lipinski definition) is 2. The van der Waals surface area contributed by atoms with E-state index in [-0.39, 0.29) is 17.1 Å². The third-order valence-corrected chi connectivity index (χ3v) is 10.4. The molecule has 5 aliphatic rings. The molecule has 0 amide bonds. The van der Waals surface area contributed by atoms with Crippen LogP contribution in [0, 0.1) is 5.82 Å². The van der Waals surface area contributed by atoms with E-state index in [0.717, 1.165) is 50.0 Å². The molecule has 2 aromatic carbocycles. The Bertz CT molecular complexity index is 1490. The Morgan fingerprint density at radius 2 is 1.98 bits per heavy atom. The molecule has 4 fully saturated rings. The number of nitrogens with zero attached hydrogens (tertiary/aromatic N) is 4. The second-order valence-electron chi connectivity index (χ2n) is 13.0. The molecule has 0 unspecified atom stereocenters. The van der Waals surface area contributed by atoms with E-state index in [1.807, 2.05) is 6.07 Å². The van der Waals surface area contributed by atoms with Gasteiger partial charge < -0.3 is 20.1 Å². The van der Waals surface area contributed by atoms with Crippen LogP contribution in [-0.2, 0) is 13.0 Å². The molecule has 5 aliphatic heterocycles. The van der Waals surface area contributed by atoms with Crippen LogP contribution in [0.15, 0.2) is 30.3 Å². The molecule has 4 saturated heterocycles. The number of aromatic nitrogens is 2. The van der Waals surface area contributed by atoms with Gasteiger partial charge in [0.15, 0.2) is 0 Å². The Morgan fingerprint density at radius 3 is 2.83 bits per heavy atom. The molecule has 0 spiro atoms. The molecule has 0 radical (unpaired) electrons. The lowest BCUT2D eigenvalue weighted by Gasteiger charge is -2.35. The Morgan fingerprint density at radius 1 is 1.12 bits per heavy atom. The topological polar surface area (TPSA) is 73.8 Å². The van der Waals surface area contributed by atoms with Crippen molar-refractivity contribution in [1.82, 2.24) is 20.2 Å². The zero-order chi connectivity index (χ0) is 27.7. The molecule has 0 aliphatic carbocycles. The van der Waals surface area contributed by atoms with Gasteiger partial charge in [-0.05, 0) is 74.6 Å². The highest BCUT2D eigenvalue weighted by molar-refractivity contribution is 5.96. The number of benzene rings is 2. The number of hydrogen-bond acceptors (Lipinski definition) is 7. The molecule has 6 heterocycles. The summed E-state index contributed by atoms with van der Waals surface area (Å²) in [7, 11) is 0. The maximum atomic E-state index is 15.1. The summed E-state index contributed by atoms with van der Waals surface area (Å²) in [6.45, 7) is 2.97. The Labute approximate surface area is 238 Å². The van der Waals surface area contributed by atoms with Gasteiger partial charge in [0.2, 0.25) is 0 Å². The Balaban J connectivity index is 1.15. The van der Waals surface area contributed by atoms with Gasteiger partial charge in [-0.25, -0.2) is 8.78 Å². The number of ether oxygens (including phenoxy) is 1. The summed E-state index contributed by atoms with van der Waals surface area (Å²) < 4.78 is 35.9. The molecule has 0 saturated carbocycles. The third-order valence-electron chi connectivity index (χ3n) is 10.4. The number of fused-ring (bicyclic) bond motifs is 5. The zero-order valence-corrected chi connectivity index (χ0v) is 23.3. The van der Waals surface area contributed by atoms with Crippen molar-refractivity contribution in [1.29, 1.82) is 0 Å². The zero-order valence-electron chi connectivity index (χ0n) is 23.3.